The van der Waals surface area contributed by atoms with Gasteiger partial charge in [-0.1, -0.05) is 48.0 Å². The molecule has 2 N–H and O–H groups in total. The number of benzene rings is 3. The smallest absolute Gasteiger partial charge is 0.417 e. The topological polar surface area (TPSA) is 110 Å². The number of carbonyl (C=O) groups excluding carboxylic acids is 1. The van der Waals surface area contributed by atoms with Gasteiger partial charge in [-0.05, 0) is 48.6 Å². The molecule has 8 nitrogen and oxygen atoms in total. The summed E-state index contributed by atoms with van der Waals surface area (Å²) in [5, 5.41) is 12.9. The average molecular weight is 588 g/mol. The predicted molar refractivity (Wildman–Crippen MR) is 148 cm³/mol. The van der Waals surface area contributed by atoms with Crippen molar-refractivity contribution in [2.45, 2.75) is 37.9 Å². The van der Waals surface area contributed by atoms with Crippen molar-refractivity contribution >= 4 is 34.2 Å². The van der Waals surface area contributed by atoms with Crippen LogP contribution in [-0.2, 0) is 34.6 Å². The predicted octanol–water partition coefficient (Wildman–Crippen LogP) is 4.45. The molecule has 12 heteroatoms. The zero-order valence-electron chi connectivity index (χ0n) is 22.1. The van der Waals surface area contributed by atoms with Crippen LogP contribution in [0.1, 0.15) is 30.5 Å². The van der Waals surface area contributed by atoms with Gasteiger partial charge in [0, 0.05) is 31.1 Å². The Morgan fingerprint density at radius 2 is 1.66 bits per heavy atom. The van der Waals surface area contributed by atoms with E-state index < -0.39 is 51.3 Å². The lowest BCUT2D eigenvalue weighted by molar-refractivity contribution is -0.142. The van der Waals surface area contributed by atoms with Gasteiger partial charge in [-0.25, -0.2) is 14.2 Å². The fourth-order valence-electron chi connectivity index (χ4n) is 4.54. The van der Waals surface area contributed by atoms with E-state index in [0.29, 0.717) is 22.0 Å². The first-order chi connectivity index (χ1) is 19.1. The van der Waals surface area contributed by atoms with Gasteiger partial charge in [0.25, 0.3) is 5.56 Å². The van der Waals surface area contributed by atoms with Gasteiger partial charge >= 0.3 is 17.8 Å². The zero-order chi connectivity index (χ0) is 30.3. The minimum atomic E-state index is -4.67. The number of nitrogens with one attached hydrogen (secondary N) is 1. The SMILES string of the molecule is Cn1ccc(=O)n(-c2cccc3c(C[C@H](NC(=O)C(C)(C)c4ccc(C(F)(F)F)c(Cl)c4)C(=O)O)cccc23)c1=O. The van der Waals surface area contributed by atoms with E-state index in [4.69, 9.17) is 11.6 Å². The Balaban J connectivity index is 1.68. The number of hydrogen-bond donors (Lipinski definition) is 2. The van der Waals surface area contributed by atoms with Crippen LogP contribution in [0, 0.1) is 0 Å². The maximum absolute atomic E-state index is 13.3. The highest BCUT2D eigenvalue weighted by atomic mass is 35.5. The van der Waals surface area contributed by atoms with E-state index in [2.05, 4.69) is 5.32 Å². The molecule has 0 unspecified atom stereocenters. The van der Waals surface area contributed by atoms with Crippen LogP contribution < -0.4 is 16.6 Å². The van der Waals surface area contributed by atoms with Gasteiger partial charge in [-0.2, -0.15) is 13.2 Å². The summed E-state index contributed by atoms with van der Waals surface area (Å²) in [5.74, 6) is -2.07. The van der Waals surface area contributed by atoms with Crippen LogP contribution in [0.15, 0.2) is 76.4 Å². The second-order valence-corrected chi connectivity index (χ2v) is 10.5. The van der Waals surface area contributed by atoms with Gasteiger partial charge in [-0.15, -0.1) is 0 Å². The third-order valence-corrected chi connectivity index (χ3v) is 7.29. The highest BCUT2D eigenvalue weighted by molar-refractivity contribution is 6.31. The Morgan fingerprint density at radius 1 is 1.00 bits per heavy atom. The molecule has 1 atom stereocenters. The number of nitrogens with zero attached hydrogens (tertiary/aromatic N) is 2. The fourth-order valence-corrected chi connectivity index (χ4v) is 4.83. The number of aromatic nitrogens is 2. The van der Waals surface area contributed by atoms with E-state index in [9.17, 15) is 37.5 Å². The van der Waals surface area contributed by atoms with E-state index in [1.807, 2.05) is 0 Å². The highest BCUT2D eigenvalue weighted by Gasteiger charge is 2.37. The van der Waals surface area contributed by atoms with E-state index in [0.717, 1.165) is 22.8 Å². The number of hydrogen-bond acceptors (Lipinski definition) is 4. The Morgan fingerprint density at radius 3 is 2.29 bits per heavy atom. The molecule has 3 aromatic carbocycles. The summed E-state index contributed by atoms with van der Waals surface area (Å²) in [5.41, 5.74) is -2.57. The van der Waals surface area contributed by atoms with Crippen molar-refractivity contribution in [2.75, 3.05) is 0 Å². The number of carboxylic acid groups (broad SMARTS) is 1. The van der Waals surface area contributed by atoms with Gasteiger partial charge in [-0.3, -0.25) is 9.59 Å². The Labute approximate surface area is 236 Å². The molecule has 0 saturated carbocycles. The maximum atomic E-state index is 13.3. The molecule has 1 heterocycles. The molecule has 0 aliphatic rings. The summed E-state index contributed by atoms with van der Waals surface area (Å²) >= 11 is 5.84. The summed E-state index contributed by atoms with van der Waals surface area (Å²) in [6.07, 6.45) is -3.47. The van der Waals surface area contributed by atoms with Gasteiger partial charge in [0.1, 0.15) is 6.04 Å². The van der Waals surface area contributed by atoms with Gasteiger partial charge < -0.3 is 15.0 Å². The van der Waals surface area contributed by atoms with Crippen molar-refractivity contribution in [1.82, 2.24) is 14.5 Å². The van der Waals surface area contributed by atoms with Crippen molar-refractivity contribution in [2.24, 2.45) is 7.05 Å². The lowest BCUT2D eigenvalue weighted by atomic mass is 9.83. The van der Waals surface area contributed by atoms with Crippen molar-refractivity contribution in [3.05, 3.63) is 109 Å². The van der Waals surface area contributed by atoms with E-state index in [-0.39, 0.29) is 12.0 Å². The molecule has 0 aliphatic carbocycles. The van der Waals surface area contributed by atoms with E-state index in [1.165, 1.54) is 37.7 Å². The third kappa shape index (κ3) is 5.76. The van der Waals surface area contributed by atoms with Gasteiger partial charge in [0.2, 0.25) is 5.91 Å². The second-order valence-electron chi connectivity index (χ2n) is 10.1. The number of aliphatic carboxylic acids is 1. The highest BCUT2D eigenvalue weighted by Crippen LogP contribution is 2.37. The second kappa shape index (κ2) is 10.9. The largest absolute Gasteiger partial charge is 0.480 e. The number of aryl methyl sites for hydroxylation is 1. The molecule has 41 heavy (non-hydrogen) atoms. The van der Waals surface area contributed by atoms with Crippen LogP contribution in [0.2, 0.25) is 5.02 Å². The first-order valence-electron chi connectivity index (χ1n) is 12.3. The van der Waals surface area contributed by atoms with Crippen LogP contribution in [0.3, 0.4) is 0 Å². The number of amides is 1. The van der Waals surface area contributed by atoms with Crippen molar-refractivity contribution < 1.29 is 27.9 Å². The minimum Gasteiger partial charge on any atom is -0.480 e. The summed E-state index contributed by atoms with van der Waals surface area (Å²) < 4.78 is 41.7. The average Bonchev–Trinajstić information content (AvgIpc) is 2.90. The Bertz CT molecular complexity index is 1790. The van der Waals surface area contributed by atoms with Crippen LogP contribution >= 0.6 is 11.6 Å². The molecule has 214 valence electrons. The number of fused-ring (bicyclic) bond motifs is 1. The quantitative estimate of drug-likeness (QED) is 0.332. The van der Waals surface area contributed by atoms with Crippen LogP contribution in [0.4, 0.5) is 13.2 Å². The molecule has 1 aromatic heterocycles. The molecule has 0 saturated heterocycles. The number of carbonyl (C=O) groups is 2. The lowest BCUT2D eigenvalue weighted by Crippen LogP contribution is -2.49. The summed E-state index contributed by atoms with van der Waals surface area (Å²) in [4.78, 5) is 50.8. The van der Waals surface area contributed by atoms with E-state index >= 15 is 0 Å². The monoisotopic (exact) mass is 587 g/mol. The molecule has 0 radical (unpaired) electrons. The van der Waals surface area contributed by atoms with E-state index in [1.54, 1.807) is 36.4 Å². The van der Waals surface area contributed by atoms with Gasteiger partial charge in [0.05, 0.1) is 21.7 Å². The molecule has 0 fully saturated rings. The van der Waals surface area contributed by atoms with Crippen LogP contribution in [0.5, 0.6) is 0 Å². The molecule has 0 aliphatic heterocycles. The number of alkyl halides is 3. The summed E-state index contributed by atoms with van der Waals surface area (Å²) in [6, 6.07) is 12.7. The normalized spacial score (nSPS) is 12.8. The van der Waals surface area contributed by atoms with Crippen molar-refractivity contribution in [1.29, 1.82) is 0 Å². The minimum absolute atomic E-state index is 0.159. The third-order valence-electron chi connectivity index (χ3n) is 6.98. The Kier molecular flexibility index (Phi) is 7.86. The molecule has 4 aromatic rings. The van der Waals surface area contributed by atoms with Crippen LogP contribution in [0.25, 0.3) is 16.5 Å². The lowest BCUT2D eigenvalue weighted by Gasteiger charge is -2.27. The summed E-state index contributed by atoms with van der Waals surface area (Å²) in [7, 11) is 1.51. The van der Waals surface area contributed by atoms with Gasteiger partial charge in [0.15, 0.2) is 0 Å². The zero-order valence-corrected chi connectivity index (χ0v) is 22.9. The molecule has 0 bridgehead atoms. The number of rotatable bonds is 7. The molecule has 4 rings (SSSR count). The molecule has 0 spiro atoms. The fraction of sp³-hybridized carbons (Fsp3) is 0.241. The molecule has 1 amide bonds. The van der Waals surface area contributed by atoms with Crippen molar-refractivity contribution in [3.8, 4) is 5.69 Å². The Hall–Kier alpha value is -4.38. The number of halogens is 4. The van der Waals surface area contributed by atoms with Crippen molar-refractivity contribution in [3.63, 3.8) is 0 Å². The molecular weight excluding hydrogens is 563 g/mol. The molecular formula is C29H25ClF3N3O5. The van der Waals surface area contributed by atoms with Crippen LogP contribution in [-0.4, -0.2) is 32.2 Å². The first-order valence-corrected chi connectivity index (χ1v) is 12.7. The first kappa shape index (κ1) is 29.6. The number of carboxylic acids is 1. The summed E-state index contributed by atoms with van der Waals surface area (Å²) in [6.45, 7) is 2.89. The standard InChI is InChI=1S/C29H25ClF3N3O5/c1-28(2,17-10-11-20(21(30)15-17)29(31,32)33)26(40)34-22(25(38)39)14-16-6-4-8-19-18(16)7-5-9-23(19)36-24(37)12-13-35(3)27(36)41/h4-13,15,22H,14H2,1-3H3,(H,34,40)(H,38,39)/t22-/m0/s1. The maximum Gasteiger partial charge on any atom is 0.417 e.